The topological polar surface area (TPSA) is 12.9 Å². The minimum atomic E-state index is 1.03. The molecule has 0 aliphatic carbocycles. The third-order valence-corrected chi connectivity index (χ3v) is 2.51. The molecule has 0 spiro atoms. The lowest BCUT2D eigenvalue weighted by Gasteiger charge is -1.91. The molecule has 0 N–H and O–H groups in total. The van der Waals surface area contributed by atoms with E-state index in [0.717, 1.165) is 12.8 Å². The van der Waals surface area contributed by atoms with E-state index in [-0.39, 0.29) is 0 Å². The fraction of sp³-hybridized carbons (Fsp3) is 0.643. The molecular formula is C14H27NS. The molecule has 0 aliphatic rings. The molecule has 16 heavy (non-hydrogen) atoms. The number of hydrogen-bond donors (Lipinski definition) is 0. The molecule has 0 atom stereocenters. The normalized spacial score (nSPS) is 8.38. The highest BCUT2D eigenvalue weighted by molar-refractivity contribution is 7.11. The third kappa shape index (κ3) is 8.66. The van der Waals surface area contributed by atoms with E-state index in [1.165, 1.54) is 22.0 Å². The van der Waals surface area contributed by atoms with Crippen LogP contribution in [0.1, 0.15) is 56.1 Å². The van der Waals surface area contributed by atoms with Crippen molar-refractivity contribution in [3.8, 4) is 0 Å². The Morgan fingerprint density at radius 2 is 1.75 bits per heavy atom. The van der Waals surface area contributed by atoms with E-state index in [1.54, 1.807) is 11.3 Å². The summed E-state index contributed by atoms with van der Waals surface area (Å²) in [5, 5.41) is 1.17. The molecule has 0 fully saturated rings. The van der Waals surface area contributed by atoms with Gasteiger partial charge in [0.2, 0.25) is 0 Å². The van der Waals surface area contributed by atoms with Crippen LogP contribution in [0.3, 0.4) is 0 Å². The van der Waals surface area contributed by atoms with E-state index < -0.39 is 0 Å². The standard InChI is InChI=1S/C9H13NS.C3H8.C2H6/c1-4-5-6-9-7(2)11-8(3)10-9;1-3-2;1-2/h4H,1,5-6H2,2-3H3;3H2,1-2H3;1-2H3. The van der Waals surface area contributed by atoms with Gasteiger partial charge in [0.15, 0.2) is 0 Å². The molecule has 1 heterocycles. The van der Waals surface area contributed by atoms with Crippen molar-refractivity contribution in [3.05, 3.63) is 28.2 Å². The van der Waals surface area contributed by atoms with Gasteiger partial charge in [0.05, 0.1) is 10.7 Å². The number of thiazole rings is 1. The molecule has 0 aliphatic heterocycles. The first kappa shape index (κ1) is 17.8. The average Bonchev–Trinajstić information content (AvgIpc) is 2.58. The Hall–Kier alpha value is -0.630. The fourth-order valence-corrected chi connectivity index (χ4v) is 1.91. The van der Waals surface area contributed by atoms with Crippen molar-refractivity contribution in [3.63, 3.8) is 0 Å². The van der Waals surface area contributed by atoms with Crippen LogP contribution in [0.4, 0.5) is 0 Å². The Kier molecular flexibility index (Phi) is 13.8. The highest BCUT2D eigenvalue weighted by Gasteiger charge is 2.02. The SMILES string of the molecule is C=CCCc1nc(C)sc1C.CC.CCC. The summed E-state index contributed by atoms with van der Waals surface area (Å²) in [5.74, 6) is 0. The van der Waals surface area contributed by atoms with Gasteiger partial charge in [-0.2, -0.15) is 0 Å². The highest BCUT2D eigenvalue weighted by Crippen LogP contribution is 2.17. The zero-order valence-electron chi connectivity index (χ0n) is 11.8. The van der Waals surface area contributed by atoms with Gasteiger partial charge in [-0.25, -0.2) is 4.98 Å². The number of hydrogen-bond acceptors (Lipinski definition) is 2. The van der Waals surface area contributed by atoms with Crippen molar-refractivity contribution in [1.29, 1.82) is 0 Å². The first-order chi connectivity index (χ1) is 7.65. The van der Waals surface area contributed by atoms with Gasteiger partial charge in [0.25, 0.3) is 0 Å². The molecule has 1 aromatic rings. The molecule has 2 heteroatoms. The summed E-state index contributed by atoms with van der Waals surface area (Å²) in [6.45, 7) is 16.1. The zero-order chi connectivity index (χ0) is 13.0. The highest BCUT2D eigenvalue weighted by atomic mass is 32.1. The number of rotatable bonds is 3. The Bertz CT molecular complexity index is 264. The van der Waals surface area contributed by atoms with Crippen LogP contribution in [-0.4, -0.2) is 4.98 Å². The smallest absolute Gasteiger partial charge is 0.0900 e. The molecule has 0 bridgehead atoms. The minimum Gasteiger partial charge on any atom is -0.246 e. The summed E-state index contributed by atoms with van der Waals surface area (Å²) in [7, 11) is 0. The summed E-state index contributed by atoms with van der Waals surface area (Å²) in [6.07, 6.45) is 5.26. The van der Waals surface area contributed by atoms with E-state index >= 15 is 0 Å². The lowest BCUT2D eigenvalue weighted by Crippen LogP contribution is -1.85. The van der Waals surface area contributed by atoms with Crippen molar-refractivity contribution in [2.45, 2.75) is 60.8 Å². The van der Waals surface area contributed by atoms with Crippen molar-refractivity contribution in [1.82, 2.24) is 4.98 Å². The van der Waals surface area contributed by atoms with Gasteiger partial charge in [-0.3, -0.25) is 0 Å². The molecule has 94 valence electrons. The summed E-state index contributed by atoms with van der Waals surface area (Å²) >= 11 is 1.77. The monoisotopic (exact) mass is 241 g/mol. The molecule has 0 aromatic carbocycles. The molecule has 0 saturated heterocycles. The van der Waals surface area contributed by atoms with Crippen molar-refractivity contribution < 1.29 is 0 Å². The maximum Gasteiger partial charge on any atom is 0.0900 e. The minimum absolute atomic E-state index is 1.03. The van der Waals surface area contributed by atoms with Gasteiger partial charge in [0.1, 0.15) is 0 Å². The molecule has 0 unspecified atom stereocenters. The van der Waals surface area contributed by atoms with Crippen LogP contribution in [0, 0.1) is 13.8 Å². The van der Waals surface area contributed by atoms with Crippen LogP contribution in [0.5, 0.6) is 0 Å². The van der Waals surface area contributed by atoms with Gasteiger partial charge in [-0.05, 0) is 26.7 Å². The van der Waals surface area contributed by atoms with Crippen LogP contribution >= 0.6 is 11.3 Å². The first-order valence-electron chi connectivity index (χ1n) is 6.19. The molecular weight excluding hydrogens is 214 g/mol. The Labute approximate surface area is 106 Å². The van der Waals surface area contributed by atoms with Gasteiger partial charge >= 0.3 is 0 Å². The van der Waals surface area contributed by atoms with Crippen LogP contribution in [0.15, 0.2) is 12.7 Å². The predicted octanol–water partition coefficient (Wildman–Crippen LogP) is 5.32. The van der Waals surface area contributed by atoms with E-state index in [4.69, 9.17) is 0 Å². The number of aromatic nitrogens is 1. The number of aryl methyl sites for hydroxylation is 3. The maximum absolute atomic E-state index is 4.42. The second-order valence-corrected chi connectivity index (χ2v) is 4.68. The van der Waals surface area contributed by atoms with Crippen molar-refractivity contribution in [2.24, 2.45) is 0 Å². The van der Waals surface area contributed by atoms with E-state index in [0.29, 0.717) is 0 Å². The summed E-state index contributed by atoms with van der Waals surface area (Å²) in [5.41, 5.74) is 1.24. The van der Waals surface area contributed by atoms with Crippen LogP contribution in [0.25, 0.3) is 0 Å². The summed E-state index contributed by atoms with van der Waals surface area (Å²) < 4.78 is 0. The fourth-order valence-electron chi connectivity index (χ4n) is 1.04. The summed E-state index contributed by atoms with van der Waals surface area (Å²) in [6, 6.07) is 0. The van der Waals surface area contributed by atoms with E-state index in [2.05, 4.69) is 39.3 Å². The molecule has 1 nitrogen and oxygen atoms in total. The zero-order valence-corrected chi connectivity index (χ0v) is 12.6. The maximum atomic E-state index is 4.42. The lowest BCUT2D eigenvalue weighted by molar-refractivity contribution is 0.942. The van der Waals surface area contributed by atoms with Gasteiger partial charge in [-0.1, -0.05) is 40.2 Å². The molecule has 0 saturated carbocycles. The van der Waals surface area contributed by atoms with Crippen molar-refractivity contribution >= 4 is 11.3 Å². The molecule has 0 amide bonds. The largest absolute Gasteiger partial charge is 0.246 e. The average molecular weight is 241 g/mol. The third-order valence-electron chi connectivity index (χ3n) is 1.58. The van der Waals surface area contributed by atoms with Gasteiger partial charge < -0.3 is 0 Å². The van der Waals surface area contributed by atoms with Crippen molar-refractivity contribution in [2.75, 3.05) is 0 Å². The number of nitrogens with zero attached hydrogens (tertiary/aromatic N) is 1. The number of allylic oxidation sites excluding steroid dienone is 1. The Morgan fingerprint density at radius 1 is 1.25 bits per heavy atom. The van der Waals surface area contributed by atoms with Crippen LogP contribution in [-0.2, 0) is 6.42 Å². The molecule has 1 aromatic heterocycles. The van der Waals surface area contributed by atoms with Gasteiger partial charge in [0, 0.05) is 4.88 Å². The Balaban J connectivity index is 0. The molecule has 1 rings (SSSR count). The first-order valence-corrected chi connectivity index (χ1v) is 7.01. The van der Waals surface area contributed by atoms with E-state index in [9.17, 15) is 0 Å². The second-order valence-electron chi connectivity index (χ2n) is 3.27. The summed E-state index contributed by atoms with van der Waals surface area (Å²) in [4.78, 5) is 5.77. The van der Waals surface area contributed by atoms with E-state index in [1.807, 2.05) is 19.9 Å². The quantitative estimate of drug-likeness (QED) is 0.653. The van der Waals surface area contributed by atoms with Crippen LogP contribution in [0.2, 0.25) is 0 Å². The molecule has 0 radical (unpaired) electrons. The lowest BCUT2D eigenvalue weighted by atomic mass is 10.2. The predicted molar refractivity (Wildman–Crippen MR) is 77.4 cm³/mol. The van der Waals surface area contributed by atoms with Crippen LogP contribution < -0.4 is 0 Å². The van der Waals surface area contributed by atoms with Gasteiger partial charge in [-0.15, -0.1) is 17.9 Å². The second kappa shape index (κ2) is 12.4. The Morgan fingerprint density at radius 3 is 2.06 bits per heavy atom.